The first-order chi connectivity index (χ1) is 9.84. The van der Waals surface area contributed by atoms with Crippen molar-refractivity contribution in [3.63, 3.8) is 0 Å². The van der Waals surface area contributed by atoms with Crippen LogP contribution in [0.15, 0.2) is 36.4 Å². The largest absolute Gasteiger partial charge is 0.487 e. The van der Waals surface area contributed by atoms with E-state index in [-0.39, 0.29) is 22.6 Å². The zero-order chi connectivity index (χ0) is 15.2. The Hall–Kier alpha value is -2.36. The molecule has 0 aliphatic carbocycles. The van der Waals surface area contributed by atoms with Gasteiger partial charge in [0.25, 0.3) is 0 Å². The predicted molar refractivity (Wildman–Crippen MR) is 79.1 cm³/mol. The van der Waals surface area contributed by atoms with Gasteiger partial charge in [0.15, 0.2) is 5.78 Å². The highest BCUT2D eigenvalue weighted by Gasteiger charge is 2.30. The minimum Gasteiger partial charge on any atom is -0.487 e. The number of nitrogen functional groups attached to an aromatic ring is 1. The maximum Gasteiger partial charge on any atom is 0.193 e. The number of nitrogens with two attached hydrogens (primary N) is 1. The Balaban J connectivity index is 1.97. The average Bonchev–Trinajstić information content (AvgIpc) is 2.69. The summed E-state index contributed by atoms with van der Waals surface area (Å²) in [6.07, 6.45) is 0.745. The molecule has 0 spiro atoms. The number of carbonyl (C=O) groups excluding carboxylic acids is 1. The summed E-state index contributed by atoms with van der Waals surface area (Å²) in [4.78, 5) is 12.4. The Labute approximate surface area is 122 Å². The molecule has 0 bridgehead atoms. The zero-order valence-electron chi connectivity index (χ0n) is 11.9. The summed E-state index contributed by atoms with van der Waals surface area (Å²) in [5.74, 6) is 0.0491. The molecule has 0 fully saturated rings. The number of benzene rings is 2. The first-order valence-electron chi connectivity index (χ1n) is 6.77. The summed E-state index contributed by atoms with van der Waals surface area (Å²) in [5, 5.41) is 0. The monoisotopic (exact) mass is 285 g/mol. The van der Waals surface area contributed by atoms with Crippen LogP contribution in [-0.4, -0.2) is 11.4 Å². The van der Waals surface area contributed by atoms with Crippen molar-refractivity contribution in [1.29, 1.82) is 0 Å². The molecule has 2 aromatic carbocycles. The third-order valence-corrected chi connectivity index (χ3v) is 3.51. The van der Waals surface area contributed by atoms with Crippen molar-refractivity contribution in [2.45, 2.75) is 25.9 Å². The van der Waals surface area contributed by atoms with Crippen molar-refractivity contribution in [3.05, 3.63) is 58.9 Å². The van der Waals surface area contributed by atoms with Crippen LogP contribution in [0.1, 0.15) is 35.3 Å². The standard InChI is InChI=1S/C17H16FNO2/c1-17(2)9-12-5-10(3-4-15(12)21-17)16(20)11-6-13(18)8-14(19)7-11/h3-8H,9,19H2,1-2H3. The van der Waals surface area contributed by atoms with E-state index in [1.807, 2.05) is 19.9 Å². The number of halogens is 1. The van der Waals surface area contributed by atoms with Gasteiger partial charge >= 0.3 is 0 Å². The molecule has 2 aromatic rings. The van der Waals surface area contributed by atoms with Crippen LogP contribution in [0.3, 0.4) is 0 Å². The Morgan fingerprint density at radius 2 is 1.95 bits per heavy atom. The van der Waals surface area contributed by atoms with Gasteiger partial charge in [0, 0.05) is 23.2 Å². The highest BCUT2D eigenvalue weighted by Crippen LogP contribution is 2.35. The van der Waals surface area contributed by atoms with Crippen LogP contribution in [0.5, 0.6) is 5.75 Å². The second kappa shape index (κ2) is 4.58. The number of ketones is 1. The van der Waals surface area contributed by atoms with Gasteiger partial charge in [0.2, 0.25) is 0 Å². The molecule has 0 radical (unpaired) electrons. The summed E-state index contributed by atoms with van der Waals surface area (Å²) in [5.41, 5.74) is 7.34. The van der Waals surface area contributed by atoms with Gasteiger partial charge in [-0.15, -0.1) is 0 Å². The molecule has 1 heterocycles. The van der Waals surface area contributed by atoms with Crippen molar-refractivity contribution in [3.8, 4) is 5.75 Å². The lowest BCUT2D eigenvalue weighted by molar-refractivity contribution is 0.103. The first-order valence-corrected chi connectivity index (χ1v) is 6.77. The smallest absolute Gasteiger partial charge is 0.193 e. The van der Waals surface area contributed by atoms with Gasteiger partial charge in [-0.05, 0) is 55.8 Å². The summed E-state index contributed by atoms with van der Waals surface area (Å²) in [6, 6.07) is 9.18. The second-order valence-electron chi connectivity index (χ2n) is 5.96. The lowest BCUT2D eigenvalue weighted by Gasteiger charge is -2.16. The maximum absolute atomic E-state index is 13.4. The molecular formula is C17H16FNO2. The quantitative estimate of drug-likeness (QED) is 0.680. The van der Waals surface area contributed by atoms with Gasteiger partial charge in [-0.2, -0.15) is 0 Å². The summed E-state index contributed by atoms with van der Waals surface area (Å²) >= 11 is 0. The van der Waals surface area contributed by atoms with E-state index in [1.54, 1.807) is 12.1 Å². The van der Waals surface area contributed by atoms with Crippen LogP contribution in [0.25, 0.3) is 0 Å². The topological polar surface area (TPSA) is 52.3 Å². The molecule has 0 aromatic heterocycles. The molecule has 0 unspecified atom stereocenters. The van der Waals surface area contributed by atoms with Crippen molar-refractivity contribution in [2.75, 3.05) is 5.73 Å². The van der Waals surface area contributed by atoms with E-state index in [0.717, 1.165) is 17.7 Å². The molecular weight excluding hydrogens is 269 g/mol. The van der Waals surface area contributed by atoms with Gasteiger partial charge in [0.05, 0.1) is 0 Å². The molecule has 1 aliphatic heterocycles. The lowest BCUT2D eigenvalue weighted by Crippen LogP contribution is -2.24. The van der Waals surface area contributed by atoms with Crippen LogP contribution in [0.2, 0.25) is 0 Å². The van der Waals surface area contributed by atoms with Gasteiger partial charge in [-0.25, -0.2) is 4.39 Å². The van der Waals surface area contributed by atoms with E-state index < -0.39 is 5.82 Å². The minimum atomic E-state index is -0.510. The molecule has 0 saturated heterocycles. The van der Waals surface area contributed by atoms with Crippen LogP contribution in [-0.2, 0) is 6.42 Å². The van der Waals surface area contributed by atoms with Crippen LogP contribution in [0.4, 0.5) is 10.1 Å². The predicted octanol–water partition coefficient (Wildman–Crippen LogP) is 3.35. The number of carbonyl (C=O) groups is 1. The molecule has 3 nitrogen and oxygen atoms in total. The second-order valence-corrected chi connectivity index (χ2v) is 5.96. The van der Waals surface area contributed by atoms with E-state index >= 15 is 0 Å². The molecule has 4 heteroatoms. The molecule has 0 saturated carbocycles. The minimum absolute atomic E-state index is 0.240. The van der Waals surface area contributed by atoms with Gasteiger partial charge in [-0.1, -0.05) is 0 Å². The number of hydrogen-bond donors (Lipinski definition) is 1. The van der Waals surface area contributed by atoms with E-state index in [9.17, 15) is 9.18 Å². The number of anilines is 1. The van der Waals surface area contributed by atoms with Crippen molar-refractivity contribution in [1.82, 2.24) is 0 Å². The number of ether oxygens (including phenoxy) is 1. The Kier molecular flexibility index (Phi) is 2.97. The average molecular weight is 285 g/mol. The van der Waals surface area contributed by atoms with Crippen molar-refractivity contribution < 1.29 is 13.9 Å². The summed E-state index contributed by atoms with van der Waals surface area (Å²) in [6.45, 7) is 4.00. The third kappa shape index (κ3) is 2.61. The Morgan fingerprint density at radius 1 is 1.19 bits per heavy atom. The Morgan fingerprint density at radius 3 is 2.67 bits per heavy atom. The Bertz CT molecular complexity index is 717. The fraction of sp³-hybridized carbons (Fsp3) is 0.235. The first kappa shape index (κ1) is 13.6. The number of rotatable bonds is 2. The van der Waals surface area contributed by atoms with Crippen LogP contribution in [0, 0.1) is 5.82 Å². The molecule has 108 valence electrons. The third-order valence-electron chi connectivity index (χ3n) is 3.51. The summed E-state index contributed by atoms with van der Waals surface area (Å²) in [7, 11) is 0. The van der Waals surface area contributed by atoms with Gasteiger partial charge in [-0.3, -0.25) is 4.79 Å². The van der Waals surface area contributed by atoms with E-state index in [0.29, 0.717) is 5.56 Å². The molecule has 3 rings (SSSR count). The fourth-order valence-electron chi connectivity index (χ4n) is 2.66. The number of hydrogen-bond acceptors (Lipinski definition) is 3. The van der Waals surface area contributed by atoms with Crippen molar-refractivity contribution in [2.24, 2.45) is 0 Å². The maximum atomic E-state index is 13.4. The normalized spacial score (nSPS) is 15.4. The van der Waals surface area contributed by atoms with Crippen LogP contribution >= 0.6 is 0 Å². The molecule has 2 N–H and O–H groups in total. The zero-order valence-corrected chi connectivity index (χ0v) is 11.9. The SMILES string of the molecule is CC1(C)Cc2cc(C(=O)c3cc(N)cc(F)c3)ccc2O1. The molecule has 21 heavy (non-hydrogen) atoms. The fourth-order valence-corrected chi connectivity index (χ4v) is 2.66. The van der Waals surface area contributed by atoms with E-state index in [1.165, 1.54) is 18.2 Å². The highest BCUT2D eigenvalue weighted by molar-refractivity contribution is 6.09. The summed E-state index contributed by atoms with van der Waals surface area (Å²) < 4.78 is 19.2. The van der Waals surface area contributed by atoms with Crippen LogP contribution < -0.4 is 10.5 Å². The van der Waals surface area contributed by atoms with Gasteiger partial charge in [0.1, 0.15) is 17.2 Å². The van der Waals surface area contributed by atoms with E-state index in [2.05, 4.69) is 0 Å². The number of fused-ring (bicyclic) bond motifs is 1. The van der Waals surface area contributed by atoms with Crippen molar-refractivity contribution >= 4 is 11.5 Å². The molecule has 0 atom stereocenters. The van der Waals surface area contributed by atoms with E-state index in [4.69, 9.17) is 10.5 Å². The molecule has 1 aliphatic rings. The molecule has 0 amide bonds. The van der Waals surface area contributed by atoms with Gasteiger partial charge < -0.3 is 10.5 Å². The lowest BCUT2D eigenvalue weighted by atomic mass is 9.97. The highest BCUT2D eigenvalue weighted by atomic mass is 19.1.